The van der Waals surface area contributed by atoms with E-state index in [0.717, 1.165) is 50.2 Å². The molecule has 0 aliphatic carbocycles. The van der Waals surface area contributed by atoms with Gasteiger partial charge in [-0.05, 0) is 37.5 Å². The molecule has 1 unspecified atom stereocenters. The largest absolute Gasteiger partial charge is 0.416 e. The molecule has 0 bridgehead atoms. The normalized spacial score (nSPS) is 23.3. The zero-order chi connectivity index (χ0) is 19.1. The molecule has 0 aromatic heterocycles. The average Bonchev–Trinajstić information content (AvgIpc) is 2.78. The standard InChI is InChI=1S/C21H22F3N2O/c22-21(23,24)17-10-7-11-18(14-17)26-19-12-5-2-6-13-25(19)15-20(26,27)16-8-3-1-4-9-16/h1,3-4,7-11,14,27H,2,5-6,12-13,15H2/q+1. The first-order chi connectivity index (χ1) is 12.9. The molecule has 2 aliphatic heterocycles. The Balaban J connectivity index is 1.85. The molecule has 27 heavy (non-hydrogen) atoms. The molecular formula is C21H22F3N2O+. The first-order valence-corrected chi connectivity index (χ1v) is 9.26. The lowest BCUT2D eigenvalue weighted by atomic mass is 9.99. The van der Waals surface area contributed by atoms with Gasteiger partial charge in [0, 0.05) is 12.0 Å². The molecule has 1 N–H and O–H groups in total. The molecule has 2 aliphatic rings. The Labute approximate surface area is 156 Å². The number of rotatable bonds is 2. The predicted octanol–water partition coefficient (Wildman–Crippen LogP) is 4.36. The number of benzene rings is 2. The number of aliphatic hydroxyl groups is 1. The minimum absolute atomic E-state index is 0.350. The fraction of sp³-hybridized carbons (Fsp3) is 0.381. The fourth-order valence-corrected chi connectivity index (χ4v) is 4.13. The van der Waals surface area contributed by atoms with Crippen molar-refractivity contribution in [2.45, 2.75) is 37.6 Å². The third-order valence-corrected chi connectivity index (χ3v) is 5.40. The number of alkyl halides is 3. The van der Waals surface area contributed by atoms with Crippen molar-refractivity contribution >= 4 is 11.5 Å². The Morgan fingerprint density at radius 3 is 2.48 bits per heavy atom. The van der Waals surface area contributed by atoms with Crippen LogP contribution in [0.3, 0.4) is 0 Å². The van der Waals surface area contributed by atoms with Crippen LogP contribution in [-0.4, -0.2) is 28.6 Å². The molecule has 0 saturated heterocycles. The van der Waals surface area contributed by atoms with E-state index in [1.807, 2.05) is 30.3 Å². The lowest BCUT2D eigenvalue weighted by Crippen LogP contribution is -2.47. The van der Waals surface area contributed by atoms with Crippen LogP contribution >= 0.6 is 0 Å². The molecular weight excluding hydrogens is 353 g/mol. The Hall–Kier alpha value is -2.34. The summed E-state index contributed by atoms with van der Waals surface area (Å²) in [7, 11) is 0. The zero-order valence-electron chi connectivity index (χ0n) is 14.9. The minimum Gasteiger partial charge on any atom is -0.346 e. The number of anilines is 1. The van der Waals surface area contributed by atoms with Crippen LogP contribution in [0.2, 0.25) is 0 Å². The van der Waals surface area contributed by atoms with Crippen molar-refractivity contribution in [3.8, 4) is 0 Å². The van der Waals surface area contributed by atoms with E-state index in [2.05, 4.69) is 4.58 Å². The lowest BCUT2D eigenvalue weighted by molar-refractivity contribution is -0.534. The van der Waals surface area contributed by atoms with Gasteiger partial charge in [0.05, 0.1) is 12.1 Å². The third kappa shape index (κ3) is 3.23. The van der Waals surface area contributed by atoms with Crippen molar-refractivity contribution in [1.29, 1.82) is 0 Å². The van der Waals surface area contributed by atoms with Gasteiger partial charge in [0.2, 0.25) is 0 Å². The van der Waals surface area contributed by atoms with E-state index in [4.69, 9.17) is 0 Å². The summed E-state index contributed by atoms with van der Waals surface area (Å²) < 4.78 is 41.9. The molecule has 0 amide bonds. The van der Waals surface area contributed by atoms with Crippen LogP contribution in [0.1, 0.15) is 36.8 Å². The summed E-state index contributed by atoms with van der Waals surface area (Å²) in [6.45, 7) is 1.16. The van der Waals surface area contributed by atoms with Gasteiger partial charge in [-0.15, -0.1) is 0 Å². The molecule has 0 saturated carbocycles. The van der Waals surface area contributed by atoms with Gasteiger partial charge in [0.1, 0.15) is 5.69 Å². The van der Waals surface area contributed by atoms with Crippen LogP contribution in [-0.2, 0) is 11.9 Å². The van der Waals surface area contributed by atoms with Crippen molar-refractivity contribution in [3.63, 3.8) is 0 Å². The highest BCUT2D eigenvalue weighted by atomic mass is 19.4. The van der Waals surface area contributed by atoms with Gasteiger partial charge in [0.25, 0.3) is 11.6 Å². The van der Waals surface area contributed by atoms with Crippen molar-refractivity contribution in [1.82, 2.24) is 0 Å². The van der Waals surface area contributed by atoms with E-state index < -0.39 is 17.5 Å². The molecule has 142 valence electrons. The Bertz CT molecular complexity index is 863. The minimum atomic E-state index is -4.42. The molecule has 0 radical (unpaired) electrons. The van der Waals surface area contributed by atoms with Gasteiger partial charge in [-0.3, -0.25) is 4.58 Å². The summed E-state index contributed by atoms with van der Waals surface area (Å²) in [4.78, 5) is 1.71. The summed E-state index contributed by atoms with van der Waals surface area (Å²) in [5, 5.41) is 11.7. The Kier molecular flexibility index (Phi) is 4.46. The molecule has 4 rings (SSSR count). The monoisotopic (exact) mass is 375 g/mol. The average molecular weight is 375 g/mol. The summed E-state index contributed by atoms with van der Waals surface area (Å²) >= 11 is 0. The third-order valence-electron chi connectivity index (χ3n) is 5.40. The SMILES string of the molecule is OC1(c2ccccc2)C[N+]2=C(CCCCC2)N1c1cccc(C(F)(F)F)c1. The van der Waals surface area contributed by atoms with Gasteiger partial charge < -0.3 is 5.11 Å². The second-order valence-corrected chi connectivity index (χ2v) is 7.21. The molecule has 1 atom stereocenters. The Morgan fingerprint density at radius 2 is 1.74 bits per heavy atom. The molecule has 3 nitrogen and oxygen atoms in total. The highest BCUT2D eigenvalue weighted by molar-refractivity contribution is 5.97. The van der Waals surface area contributed by atoms with E-state index in [9.17, 15) is 18.3 Å². The van der Waals surface area contributed by atoms with Crippen LogP contribution in [0.15, 0.2) is 54.6 Å². The van der Waals surface area contributed by atoms with Crippen molar-refractivity contribution in [3.05, 3.63) is 65.7 Å². The summed E-state index contributed by atoms with van der Waals surface area (Å²) in [5.41, 5.74) is -1.04. The maximum Gasteiger partial charge on any atom is 0.416 e. The zero-order valence-corrected chi connectivity index (χ0v) is 14.9. The summed E-state index contributed by atoms with van der Waals surface area (Å²) in [6, 6.07) is 14.4. The smallest absolute Gasteiger partial charge is 0.346 e. The second kappa shape index (κ2) is 6.68. The molecule has 2 aromatic carbocycles. The first-order valence-electron chi connectivity index (χ1n) is 9.26. The van der Waals surface area contributed by atoms with E-state index in [0.29, 0.717) is 17.8 Å². The van der Waals surface area contributed by atoms with Gasteiger partial charge in [-0.2, -0.15) is 18.1 Å². The van der Waals surface area contributed by atoms with Gasteiger partial charge in [-0.25, -0.2) is 0 Å². The van der Waals surface area contributed by atoms with Crippen LogP contribution in [0.5, 0.6) is 0 Å². The van der Waals surface area contributed by atoms with E-state index in [1.54, 1.807) is 11.0 Å². The van der Waals surface area contributed by atoms with Crippen LogP contribution < -0.4 is 4.90 Å². The Morgan fingerprint density at radius 1 is 0.963 bits per heavy atom. The highest BCUT2D eigenvalue weighted by Gasteiger charge is 2.54. The summed E-state index contributed by atoms with van der Waals surface area (Å²) in [6.07, 6.45) is -0.614. The number of hydrogen-bond acceptors (Lipinski definition) is 2. The van der Waals surface area contributed by atoms with Crippen LogP contribution in [0.4, 0.5) is 18.9 Å². The van der Waals surface area contributed by atoms with Crippen molar-refractivity contribution in [2.24, 2.45) is 0 Å². The second-order valence-electron chi connectivity index (χ2n) is 7.21. The van der Waals surface area contributed by atoms with E-state index in [1.165, 1.54) is 6.07 Å². The number of amidine groups is 1. The number of hydrogen-bond donors (Lipinski definition) is 1. The molecule has 0 fully saturated rings. The van der Waals surface area contributed by atoms with Crippen molar-refractivity contribution in [2.75, 3.05) is 18.0 Å². The highest BCUT2D eigenvalue weighted by Crippen LogP contribution is 2.39. The summed E-state index contributed by atoms with van der Waals surface area (Å²) in [5.74, 6) is 0.901. The quantitative estimate of drug-likeness (QED) is 0.790. The van der Waals surface area contributed by atoms with E-state index in [-0.39, 0.29) is 0 Å². The van der Waals surface area contributed by atoms with Gasteiger partial charge in [-0.1, -0.05) is 36.4 Å². The first kappa shape index (κ1) is 18.0. The topological polar surface area (TPSA) is 26.5 Å². The van der Waals surface area contributed by atoms with Crippen molar-refractivity contribution < 1.29 is 22.9 Å². The maximum atomic E-state index is 13.3. The van der Waals surface area contributed by atoms with E-state index >= 15 is 0 Å². The van der Waals surface area contributed by atoms with Gasteiger partial charge >= 0.3 is 6.18 Å². The number of nitrogens with zero attached hydrogens (tertiary/aromatic N) is 2. The van der Waals surface area contributed by atoms with Crippen LogP contribution in [0, 0.1) is 0 Å². The number of halogens is 3. The molecule has 0 spiro atoms. The lowest BCUT2D eigenvalue weighted by Gasteiger charge is -2.29. The predicted molar refractivity (Wildman–Crippen MR) is 97.7 cm³/mol. The fourth-order valence-electron chi connectivity index (χ4n) is 4.13. The molecule has 6 heteroatoms. The molecule has 2 aromatic rings. The van der Waals surface area contributed by atoms with Gasteiger partial charge in [0.15, 0.2) is 6.54 Å². The van der Waals surface area contributed by atoms with Crippen LogP contribution in [0.25, 0.3) is 0 Å². The molecule has 2 heterocycles. The maximum absolute atomic E-state index is 13.3.